The minimum absolute atomic E-state index is 0.00314. The lowest BCUT2D eigenvalue weighted by Gasteiger charge is -2.43. The first-order valence-electron chi connectivity index (χ1n) is 26.4. The molecular weight excluding hydrogens is 876 g/mol. The van der Waals surface area contributed by atoms with Gasteiger partial charge < -0.3 is 9.38 Å². The van der Waals surface area contributed by atoms with E-state index in [1.165, 1.54) is 144 Å². The second kappa shape index (κ2) is 14.2. The van der Waals surface area contributed by atoms with E-state index < -0.39 is 0 Å². The summed E-state index contributed by atoms with van der Waals surface area (Å²) in [4.78, 5) is 2.78. The molecule has 0 amide bonds. The lowest BCUT2D eigenvalue weighted by molar-refractivity contribution is 0.332. The van der Waals surface area contributed by atoms with Crippen molar-refractivity contribution in [3.63, 3.8) is 0 Å². The van der Waals surface area contributed by atoms with Crippen LogP contribution in [0.25, 0.3) is 65.3 Å². The summed E-state index contributed by atoms with van der Waals surface area (Å²) in [5, 5.41) is 4.11. The Hall–Kier alpha value is -5.84. The SMILES string of the molecule is CC(C)(C)c1ccc(N2c3cc4c(c5c3B(c3sc6cc7c(cc6c32)C(C)(C)CCC7(C)C)n2c3ccc(C(C)(C)C)cc3c3cc(C(C)(C)C)cc-5c32)-c2ccccc2C4(C)C)c(-c2ccccc2)c1. The lowest BCUT2D eigenvalue weighted by atomic mass is 9.47. The number of aromatic nitrogens is 1. The zero-order chi connectivity index (χ0) is 49.9. The van der Waals surface area contributed by atoms with Gasteiger partial charge in [-0.1, -0.05) is 171 Å². The van der Waals surface area contributed by atoms with Gasteiger partial charge in [0, 0.05) is 58.9 Å². The highest BCUT2D eigenvalue weighted by atomic mass is 32.1. The molecule has 13 rings (SSSR count). The van der Waals surface area contributed by atoms with Crippen LogP contribution in [0.5, 0.6) is 0 Å². The van der Waals surface area contributed by atoms with Gasteiger partial charge in [0.1, 0.15) is 0 Å². The summed E-state index contributed by atoms with van der Waals surface area (Å²) >= 11 is 2.06. The number of rotatable bonds is 2. The van der Waals surface area contributed by atoms with E-state index in [0.717, 1.165) is 0 Å². The van der Waals surface area contributed by atoms with Crippen molar-refractivity contribution < 1.29 is 0 Å². The molecule has 0 spiro atoms. The molecule has 0 saturated heterocycles. The third-order valence-electron chi connectivity index (χ3n) is 17.9. The van der Waals surface area contributed by atoms with Crippen molar-refractivity contribution in [3.05, 3.63) is 160 Å². The smallest absolute Gasteiger partial charge is 0.343 e. The van der Waals surface area contributed by atoms with Crippen LogP contribution in [0.1, 0.15) is 156 Å². The molecule has 4 aliphatic rings. The van der Waals surface area contributed by atoms with Crippen LogP contribution in [0.3, 0.4) is 0 Å². The lowest BCUT2D eigenvalue weighted by Crippen LogP contribution is -2.55. The van der Waals surface area contributed by atoms with E-state index in [9.17, 15) is 0 Å². The molecule has 2 aromatic heterocycles. The molecule has 4 heterocycles. The molecule has 9 aromatic rings. The Balaban J connectivity index is 1.27. The Kier molecular flexibility index (Phi) is 9.03. The Morgan fingerprint density at radius 3 is 1.79 bits per heavy atom. The van der Waals surface area contributed by atoms with Crippen LogP contribution < -0.4 is 15.1 Å². The minimum Gasteiger partial charge on any atom is -0.375 e. The second-order valence-electron chi connectivity index (χ2n) is 26.9. The molecule has 2 aliphatic carbocycles. The van der Waals surface area contributed by atoms with E-state index in [4.69, 9.17) is 0 Å². The topological polar surface area (TPSA) is 8.17 Å². The monoisotopic (exact) mass is 945 g/mol. The van der Waals surface area contributed by atoms with Crippen molar-refractivity contribution in [2.45, 2.75) is 149 Å². The van der Waals surface area contributed by atoms with Crippen LogP contribution in [0.2, 0.25) is 0 Å². The number of thiophene rings is 1. The quantitative estimate of drug-likeness (QED) is 0.157. The van der Waals surface area contributed by atoms with Crippen molar-refractivity contribution in [2.75, 3.05) is 4.90 Å². The highest BCUT2D eigenvalue weighted by molar-refractivity contribution is 7.32. The summed E-state index contributed by atoms with van der Waals surface area (Å²) in [6, 6.07) is 48.6. The van der Waals surface area contributed by atoms with Gasteiger partial charge in [0.2, 0.25) is 0 Å². The Labute approximate surface area is 427 Å². The normalized spacial score (nSPS) is 17.1. The fourth-order valence-corrected chi connectivity index (χ4v) is 14.8. The third kappa shape index (κ3) is 6.19. The first-order valence-corrected chi connectivity index (χ1v) is 27.2. The van der Waals surface area contributed by atoms with Crippen LogP contribution in [-0.2, 0) is 32.5 Å². The van der Waals surface area contributed by atoms with Gasteiger partial charge in [0.25, 0.3) is 0 Å². The van der Waals surface area contributed by atoms with E-state index in [0.29, 0.717) is 0 Å². The largest absolute Gasteiger partial charge is 0.375 e. The average Bonchev–Trinajstić information content (AvgIpc) is 3.93. The molecule has 4 heteroatoms. The molecular formula is C67H69BN2S. The van der Waals surface area contributed by atoms with Gasteiger partial charge in [-0.25, -0.2) is 0 Å². The molecule has 7 aromatic carbocycles. The maximum absolute atomic E-state index is 2.82. The van der Waals surface area contributed by atoms with Crippen molar-refractivity contribution in [3.8, 4) is 33.4 Å². The van der Waals surface area contributed by atoms with Crippen LogP contribution in [0.4, 0.5) is 17.1 Å². The highest BCUT2D eigenvalue weighted by Crippen LogP contribution is 2.59. The van der Waals surface area contributed by atoms with Crippen molar-refractivity contribution in [1.82, 2.24) is 4.48 Å². The average molecular weight is 945 g/mol. The highest BCUT2D eigenvalue weighted by Gasteiger charge is 2.50. The summed E-state index contributed by atoms with van der Waals surface area (Å²) in [5.74, 6) is 0. The standard InChI is InChI=1S/C67H69BN2S/c1-62(2,3)39-25-27-52(43(31-39)38-21-17-16-18-22-38)69-54-36-51-56(42-23-19-20-24-48(42)67(51,14)15)57-47-34-41(64(7,8)9)33-45-44-32-40(63(4,5)6)26-28-53(44)70(59(45)47)68(58(54)57)61-60(69)46-35-49-50(37-55(46)71-61)66(12,13)30-29-65(49,10)11/h16-28,31-37H,29-30H2,1-15H3. The van der Waals surface area contributed by atoms with Crippen LogP contribution in [-0.4, -0.2) is 11.3 Å². The zero-order valence-electron chi connectivity index (χ0n) is 44.8. The van der Waals surface area contributed by atoms with Gasteiger partial charge in [-0.3, -0.25) is 0 Å². The molecule has 2 aliphatic heterocycles. The summed E-state index contributed by atoms with van der Waals surface area (Å²) in [6.45, 7) is 36.2. The van der Waals surface area contributed by atoms with Gasteiger partial charge >= 0.3 is 6.85 Å². The number of anilines is 3. The Bertz CT molecular complexity index is 3790. The predicted molar refractivity (Wildman–Crippen MR) is 310 cm³/mol. The summed E-state index contributed by atoms with van der Waals surface area (Å²) in [7, 11) is 0. The molecule has 0 atom stereocenters. The van der Waals surface area contributed by atoms with Gasteiger partial charge in [-0.05, 0) is 161 Å². The number of hydrogen-bond acceptors (Lipinski definition) is 2. The molecule has 71 heavy (non-hydrogen) atoms. The molecule has 2 nitrogen and oxygen atoms in total. The Morgan fingerprint density at radius 1 is 0.493 bits per heavy atom. The first-order chi connectivity index (χ1) is 33.4. The minimum atomic E-state index is -0.227. The van der Waals surface area contributed by atoms with Gasteiger partial charge in [-0.15, -0.1) is 11.3 Å². The fraction of sp³-hybridized carbons (Fsp3) is 0.343. The zero-order valence-corrected chi connectivity index (χ0v) is 45.7. The Morgan fingerprint density at radius 2 is 1.10 bits per heavy atom. The molecule has 0 saturated carbocycles. The maximum Gasteiger partial charge on any atom is 0.343 e. The maximum atomic E-state index is 2.82. The van der Waals surface area contributed by atoms with Crippen molar-refractivity contribution in [2.24, 2.45) is 0 Å². The van der Waals surface area contributed by atoms with Crippen molar-refractivity contribution in [1.29, 1.82) is 0 Å². The molecule has 0 bridgehead atoms. The molecule has 0 unspecified atom stereocenters. The van der Waals surface area contributed by atoms with Crippen molar-refractivity contribution >= 4 is 77.4 Å². The van der Waals surface area contributed by atoms with E-state index in [1.54, 1.807) is 0 Å². The van der Waals surface area contributed by atoms with Gasteiger partial charge in [0.05, 0.1) is 11.4 Å². The van der Waals surface area contributed by atoms with Crippen LogP contribution in [0, 0.1) is 0 Å². The number of nitrogens with zero attached hydrogens (tertiary/aromatic N) is 2. The first kappa shape index (κ1) is 45.1. The van der Waals surface area contributed by atoms with E-state index in [1.807, 2.05) is 0 Å². The molecule has 0 N–H and O–H groups in total. The van der Waals surface area contributed by atoms with E-state index >= 15 is 0 Å². The summed E-state index contributed by atoms with van der Waals surface area (Å²) in [6.07, 6.45) is 2.36. The molecule has 0 radical (unpaired) electrons. The fourth-order valence-electron chi connectivity index (χ4n) is 13.5. The molecule has 356 valence electrons. The summed E-state index contributed by atoms with van der Waals surface area (Å²) in [5.41, 5.74) is 25.9. The van der Waals surface area contributed by atoms with Gasteiger partial charge in [-0.2, -0.15) is 0 Å². The van der Waals surface area contributed by atoms with Crippen LogP contribution in [0.15, 0.2) is 121 Å². The van der Waals surface area contributed by atoms with Gasteiger partial charge in [0.15, 0.2) is 0 Å². The van der Waals surface area contributed by atoms with E-state index in [2.05, 4.69) is 246 Å². The number of hydrogen-bond donors (Lipinski definition) is 0. The number of benzene rings is 7. The van der Waals surface area contributed by atoms with Crippen LogP contribution >= 0.6 is 11.3 Å². The van der Waals surface area contributed by atoms with E-state index in [-0.39, 0.29) is 39.3 Å². The molecule has 0 fully saturated rings. The summed E-state index contributed by atoms with van der Waals surface area (Å²) < 4.78 is 5.64. The predicted octanol–water partition coefficient (Wildman–Crippen LogP) is 17.6. The third-order valence-corrected chi connectivity index (χ3v) is 19.1. The second-order valence-corrected chi connectivity index (χ2v) is 27.9. The number of fused-ring (bicyclic) bond motifs is 14.